The van der Waals surface area contributed by atoms with Crippen molar-refractivity contribution in [2.24, 2.45) is 5.92 Å². The molecule has 7 nitrogen and oxygen atoms in total. The summed E-state index contributed by atoms with van der Waals surface area (Å²) in [6.07, 6.45) is 1.93. The van der Waals surface area contributed by atoms with Gasteiger partial charge < -0.3 is 20.5 Å². The van der Waals surface area contributed by atoms with E-state index in [2.05, 4.69) is 22.8 Å². The molecule has 2 atom stereocenters. The van der Waals surface area contributed by atoms with Crippen molar-refractivity contribution in [3.63, 3.8) is 0 Å². The molecule has 1 saturated carbocycles. The summed E-state index contributed by atoms with van der Waals surface area (Å²) in [6.45, 7) is 2.02. The molecule has 2 unspecified atom stereocenters. The molecule has 2 aromatic rings. The Kier molecular flexibility index (Phi) is 6.44. The molecule has 168 valence electrons. The van der Waals surface area contributed by atoms with Gasteiger partial charge in [-0.25, -0.2) is 9.59 Å². The topological polar surface area (TPSA) is 105 Å². The van der Waals surface area contributed by atoms with Crippen molar-refractivity contribution in [3.05, 3.63) is 59.7 Å². The van der Waals surface area contributed by atoms with E-state index in [-0.39, 0.29) is 18.4 Å². The van der Waals surface area contributed by atoms with E-state index >= 15 is 0 Å². The number of benzene rings is 2. The lowest BCUT2D eigenvalue weighted by atomic mass is 9.98. The first-order valence-corrected chi connectivity index (χ1v) is 11.1. The van der Waals surface area contributed by atoms with Crippen LogP contribution < -0.4 is 10.6 Å². The molecule has 0 spiro atoms. The zero-order chi connectivity index (χ0) is 22.7. The van der Waals surface area contributed by atoms with Crippen molar-refractivity contribution in [2.45, 2.75) is 50.6 Å². The minimum Gasteiger partial charge on any atom is -0.480 e. The van der Waals surface area contributed by atoms with Gasteiger partial charge in [0, 0.05) is 5.92 Å². The second-order valence-electron chi connectivity index (χ2n) is 8.47. The molecule has 2 aliphatic carbocycles. The second kappa shape index (κ2) is 9.42. The molecule has 7 heteroatoms. The van der Waals surface area contributed by atoms with Crippen LogP contribution in [0.25, 0.3) is 11.1 Å². The Morgan fingerprint density at radius 2 is 1.59 bits per heavy atom. The lowest BCUT2D eigenvalue weighted by Crippen LogP contribution is -2.52. The van der Waals surface area contributed by atoms with Gasteiger partial charge in [-0.1, -0.05) is 61.9 Å². The first-order chi connectivity index (χ1) is 15.5. The van der Waals surface area contributed by atoms with Gasteiger partial charge in [0.1, 0.15) is 18.7 Å². The van der Waals surface area contributed by atoms with E-state index in [0.717, 1.165) is 35.1 Å². The number of carboxylic acids is 1. The SMILES string of the molecule is CCCC(NC(=O)C(NC(=O)OCC1c2ccccc2-c2ccccc21)C1CC1)C(=O)O. The largest absolute Gasteiger partial charge is 0.480 e. The maximum absolute atomic E-state index is 12.7. The quantitative estimate of drug-likeness (QED) is 0.556. The Hall–Kier alpha value is -3.35. The van der Waals surface area contributed by atoms with Gasteiger partial charge in [-0.3, -0.25) is 4.79 Å². The van der Waals surface area contributed by atoms with Crippen LogP contribution in [0, 0.1) is 5.92 Å². The van der Waals surface area contributed by atoms with Gasteiger partial charge in [0.2, 0.25) is 5.91 Å². The van der Waals surface area contributed by atoms with E-state index in [1.165, 1.54) is 0 Å². The fourth-order valence-corrected chi connectivity index (χ4v) is 4.40. The van der Waals surface area contributed by atoms with Gasteiger partial charge in [0.25, 0.3) is 0 Å². The summed E-state index contributed by atoms with van der Waals surface area (Å²) in [5.41, 5.74) is 4.51. The summed E-state index contributed by atoms with van der Waals surface area (Å²) in [5, 5.41) is 14.5. The van der Waals surface area contributed by atoms with E-state index in [4.69, 9.17) is 4.74 Å². The van der Waals surface area contributed by atoms with Crippen LogP contribution >= 0.6 is 0 Å². The summed E-state index contributed by atoms with van der Waals surface area (Å²) in [4.78, 5) is 36.7. The number of rotatable bonds is 9. The summed E-state index contributed by atoms with van der Waals surface area (Å²) in [5.74, 6) is -1.61. The zero-order valence-corrected chi connectivity index (χ0v) is 18.0. The molecular formula is C25H28N2O5. The molecule has 2 amide bonds. The summed E-state index contributed by atoms with van der Waals surface area (Å²) in [7, 11) is 0. The van der Waals surface area contributed by atoms with Crippen molar-refractivity contribution in [1.82, 2.24) is 10.6 Å². The fraction of sp³-hybridized carbons (Fsp3) is 0.400. The van der Waals surface area contributed by atoms with Crippen molar-refractivity contribution in [1.29, 1.82) is 0 Å². The highest BCUT2D eigenvalue weighted by atomic mass is 16.5. The standard InChI is InChI=1S/C25H28N2O5/c1-2-7-21(24(29)30)26-23(28)22(15-12-13-15)27-25(31)32-14-20-18-10-5-3-8-16(18)17-9-4-6-11-19(17)20/h3-6,8-11,15,20-22H,2,7,12-14H2,1H3,(H,26,28)(H,27,31)(H,29,30). The Morgan fingerprint density at radius 3 is 2.12 bits per heavy atom. The molecule has 2 aromatic carbocycles. The number of carbonyl (C=O) groups excluding carboxylic acids is 2. The van der Waals surface area contributed by atoms with Crippen LogP contribution in [0.15, 0.2) is 48.5 Å². The zero-order valence-electron chi connectivity index (χ0n) is 18.0. The third-order valence-corrected chi connectivity index (χ3v) is 6.18. The first kappa shape index (κ1) is 21.9. The van der Waals surface area contributed by atoms with Crippen molar-refractivity contribution >= 4 is 18.0 Å². The van der Waals surface area contributed by atoms with Gasteiger partial charge >= 0.3 is 12.1 Å². The number of amides is 2. The monoisotopic (exact) mass is 436 g/mol. The number of carboxylic acid groups (broad SMARTS) is 1. The molecule has 0 saturated heterocycles. The Bertz CT molecular complexity index is 971. The van der Waals surface area contributed by atoms with Gasteiger partial charge in [0.15, 0.2) is 0 Å². The van der Waals surface area contributed by atoms with Gasteiger partial charge in [0.05, 0.1) is 0 Å². The summed E-state index contributed by atoms with van der Waals surface area (Å²) < 4.78 is 5.55. The number of aliphatic carboxylic acids is 1. The molecular weight excluding hydrogens is 408 g/mol. The van der Waals surface area contributed by atoms with Crippen LogP contribution in [-0.4, -0.2) is 41.8 Å². The van der Waals surface area contributed by atoms with Gasteiger partial charge in [-0.15, -0.1) is 0 Å². The molecule has 0 aliphatic heterocycles. The van der Waals surface area contributed by atoms with Crippen LogP contribution in [0.2, 0.25) is 0 Å². The van der Waals surface area contributed by atoms with Crippen molar-refractivity contribution in [2.75, 3.05) is 6.61 Å². The van der Waals surface area contributed by atoms with Crippen LogP contribution in [0.4, 0.5) is 4.79 Å². The van der Waals surface area contributed by atoms with Crippen LogP contribution in [0.5, 0.6) is 0 Å². The first-order valence-electron chi connectivity index (χ1n) is 11.1. The average Bonchev–Trinajstić information content (AvgIpc) is 3.58. The minimum atomic E-state index is -1.07. The van der Waals surface area contributed by atoms with E-state index in [9.17, 15) is 19.5 Å². The maximum atomic E-state index is 12.7. The number of hydrogen-bond acceptors (Lipinski definition) is 4. The van der Waals surface area contributed by atoms with Gasteiger partial charge in [-0.05, 0) is 47.4 Å². The molecule has 0 aromatic heterocycles. The second-order valence-corrected chi connectivity index (χ2v) is 8.47. The predicted molar refractivity (Wildman–Crippen MR) is 119 cm³/mol. The van der Waals surface area contributed by atoms with Crippen LogP contribution in [0.3, 0.4) is 0 Å². The lowest BCUT2D eigenvalue weighted by molar-refractivity contribution is -0.142. The molecule has 2 aliphatic rings. The third-order valence-electron chi connectivity index (χ3n) is 6.18. The van der Waals surface area contributed by atoms with E-state index < -0.39 is 30.1 Å². The lowest BCUT2D eigenvalue weighted by Gasteiger charge is -2.21. The molecule has 3 N–H and O–H groups in total. The number of fused-ring (bicyclic) bond motifs is 3. The number of hydrogen-bond donors (Lipinski definition) is 3. The third kappa shape index (κ3) is 4.61. The number of carbonyl (C=O) groups is 3. The molecule has 1 fully saturated rings. The van der Waals surface area contributed by atoms with E-state index in [0.29, 0.717) is 12.8 Å². The highest BCUT2D eigenvalue weighted by Crippen LogP contribution is 2.44. The highest BCUT2D eigenvalue weighted by molar-refractivity contribution is 5.89. The smallest absolute Gasteiger partial charge is 0.407 e. The molecule has 4 rings (SSSR count). The summed E-state index contributed by atoms with van der Waals surface area (Å²) in [6, 6.07) is 14.4. The normalized spacial score (nSPS) is 16.4. The van der Waals surface area contributed by atoms with Crippen LogP contribution in [-0.2, 0) is 14.3 Å². The maximum Gasteiger partial charge on any atom is 0.407 e. The molecule has 0 bridgehead atoms. The van der Waals surface area contributed by atoms with Gasteiger partial charge in [-0.2, -0.15) is 0 Å². The number of alkyl carbamates (subject to hydrolysis) is 1. The highest BCUT2D eigenvalue weighted by Gasteiger charge is 2.39. The fourth-order valence-electron chi connectivity index (χ4n) is 4.40. The Labute approximate surface area is 187 Å². The number of nitrogens with one attached hydrogen (secondary N) is 2. The predicted octanol–water partition coefficient (Wildman–Crippen LogP) is 3.67. The van der Waals surface area contributed by atoms with Crippen molar-refractivity contribution < 1.29 is 24.2 Å². The number of ether oxygens (including phenoxy) is 1. The average molecular weight is 437 g/mol. The minimum absolute atomic E-state index is 0.00607. The van der Waals surface area contributed by atoms with Crippen molar-refractivity contribution in [3.8, 4) is 11.1 Å². The van der Waals surface area contributed by atoms with Crippen LogP contribution in [0.1, 0.15) is 49.7 Å². The molecule has 0 radical (unpaired) electrons. The van der Waals surface area contributed by atoms with E-state index in [1.807, 2.05) is 43.3 Å². The molecule has 0 heterocycles. The molecule has 32 heavy (non-hydrogen) atoms. The summed E-state index contributed by atoms with van der Waals surface area (Å²) >= 11 is 0. The Morgan fingerprint density at radius 1 is 1.00 bits per heavy atom. The Balaban J connectivity index is 1.40. The van der Waals surface area contributed by atoms with E-state index in [1.54, 1.807) is 0 Å².